The van der Waals surface area contributed by atoms with Crippen LogP contribution in [0.4, 0.5) is 5.69 Å². The number of aryl methyl sites for hydroxylation is 1. The maximum absolute atomic E-state index is 12.8. The van der Waals surface area contributed by atoms with Gasteiger partial charge in [-0.3, -0.25) is 9.35 Å². The van der Waals surface area contributed by atoms with Crippen LogP contribution < -0.4 is 4.90 Å². The minimum atomic E-state index is -4.48. The summed E-state index contributed by atoms with van der Waals surface area (Å²) < 4.78 is 34.8. The molecule has 1 N–H and O–H groups in total. The highest BCUT2D eigenvalue weighted by Crippen LogP contribution is 2.50. The zero-order valence-electron chi connectivity index (χ0n) is 14.7. The minimum absolute atomic E-state index is 0.119. The first-order chi connectivity index (χ1) is 12.2. The molecule has 1 saturated heterocycles. The van der Waals surface area contributed by atoms with Crippen molar-refractivity contribution < 1.29 is 17.8 Å². The Morgan fingerprint density at radius 3 is 2.27 bits per heavy atom. The first kappa shape index (κ1) is 18.4. The van der Waals surface area contributed by atoms with Crippen LogP contribution in [0.2, 0.25) is 0 Å². The Bertz CT molecular complexity index is 968. The van der Waals surface area contributed by atoms with Crippen molar-refractivity contribution in [3.8, 4) is 0 Å². The van der Waals surface area contributed by atoms with Gasteiger partial charge in [0.05, 0.1) is 0 Å². The Morgan fingerprint density at radius 1 is 1.12 bits per heavy atom. The van der Waals surface area contributed by atoms with Crippen LogP contribution in [0.15, 0.2) is 66.7 Å². The topological polar surface area (TPSA) is 74.7 Å². The fourth-order valence-electron chi connectivity index (χ4n) is 3.67. The lowest BCUT2D eigenvalue weighted by atomic mass is 9.78. The Morgan fingerprint density at radius 2 is 1.69 bits per heavy atom. The zero-order chi connectivity index (χ0) is 19.1. The second kappa shape index (κ2) is 6.37. The van der Waals surface area contributed by atoms with E-state index in [2.05, 4.69) is 6.58 Å². The average molecular weight is 371 g/mol. The van der Waals surface area contributed by atoms with E-state index in [0.29, 0.717) is 11.3 Å². The van der Waals surface area contributed by atoms with E-state index in [1.807, 2.05) is 18.2 Å². The lowest BCUT2D eigenvalue weighted by molar-refractivity contribution is -0.114. The molecule has 0 aliphatic carbocycles. The Balaban J connectivity index is 2.14. The highest BCUT2D eigenvalue weighted by atomic mass is 32.2. The molecule has 26 heavy (non-hydrogen) atoms. The van der Waals surface area contributed by atoms with E-state index in [4.69, 9.17) is 0 Å². The number of hydrogen-bond acceptors (Lipinski definition) is 3. The summed E-state index contributed by atoms with van der Waals surface area (Å²) in [6.45, 7) is 7.46. The van der Waals surface area contributed by atoms with E-state index in [1.54, 1.807) is 50.2 Å². The van der Waals surface area contributed by atoms with E-state index in [9.17, 15) is 17.8 Å². The van der Waals surface area contributed by atoms with Gasteiger partial charge in [-0.2, -0.15) is 8.42 Å². The summed E-state index contributed by atoms with van der Waals surface area (Å²) in [5.74, 6) is -0.332. The summed E-state index contributed by atoms with van der Waals surface area (Å²) in [6.07, 6.45) is 0. The molecule has 1 aliphatic rings. The number of carbonyl (C=O) groups excluding carboxylic acids is 1. The predicted octanol–water partition coefficient (Wildman–Crippen LogP) is 3.53. The average Bonchev–Trinajstić information content (AvgIpc) is 2.81. The van der Waals surface area contributed by atoms with Crippen LogP contribution in [0, 0.1) is 12.3 Å². The lowest BCUT2D eigenvalue weighted by Crippen LogP contribution is -2.35. The fourth-order valence-corrected chi connectivity index (χ4v) is 5.13. The second-order valence-corrected chi connectivity index (χ2v) is 8.38. The standard InChI is InChI=1S/C20H21NO4S/c1-14-9-7-8-12-17(14)18(26(23,24)25)20(3)13-21(19(22)15(20)2)16-10-5-4-6-11-16/h4-12,18H,2,13H2,1,3H3,(H,23,24,25). The van der Waals surface area contributed by atoms with E-state index >= 15 is 0 Å². The molecule has 2 atom stereocenters. The molecule has 2 aromatic carbocycles. The Kier molecular flexibility index (Phi) is 4.50. The van der Waals surface area contributed by atoms with Gasteiger partial charge in [0.1, 0.15) is 5.25 Å². The highest BCUT2D eigenvalue weighted by Gasteiger charge is 2.54. The normalized spacial score (nSPS) is 21.9. The summed E-state index contributed by atoms with van der Waals surface area (Å²) >= 11 is 0. The van der Waals surface area contributed by atoms with Gasteiger partial charge < -0.3 is 4.90 Å². The Labute approximate surface area is 153 Å². The SMILES string of the molecule is C=C1C(=O)N(c2ccccc2)CC1(C)C(c1ccccc1C)S(=O)(=O)O. The van der Waals surface area contributed by atoms with Gasteiger partial charge in [-0.15, -0.1) is 0 Å². The third-order valence-electron chi connectivity index (χ3n) is 5.09. The molecule has 0 radical (unpaired) electrons. The smallest absolute Gasteiger partial charge is 0.272 e. The predicted molar refractivity (Wildman–Crippen MR) is 102 cm³/mol. The molecule has 1 fully saturated rings. The number of nitrogens with zero attached hydrogens (tertiary/aromatic N) is 1. The fraction of sp³-hybridized carbons (Fsp3) is 0.250. The molecule has 5 nitrogen and oxygen atoms in total. The first-order valence-electron chi connectivity index (χ1n) is 8.24. The molecule has 6 heteroatoms. The maximum Gasteiger partial charge on any atom is 0.272 e. The molecule has 3 rings (SSSR count). The van der Waals surface area contributed by atoms with Crippen LogP contribution in [-0.2, 0) is 14.9 Å². The molecule has 0 bridgehead atoms. The van der Waals surface area contributed by atoms with Crippen molar-refractivity contribution in [3.05, 3.63) is 77.9 Å². The summed E-state index contributed by atoms with van der Waals surface area (Å²) in [5.41, 5.74) is 0.886. The van der Waals surface area contributed by atoms with Crippen molar-refractivity contribution in [2.24, 2.45) is 5.41 Å². The summed E-state index contributed by atoms with van der Waals surface area (Å²) in [7, 11) is -4.48. The first-order valence-corrected chi connectivity index (χ1v) is 9.74. The minimum Gasteiger partial charge on any atom is -0.308 e. The van der Waals surface area contributed by atoms with Crippen LogP contribution in [0.3, 0.4) is 0 Å². The molecule has 1 amide bonds. The highest BCUT2D eigenvalue weighted by molar-refractivity contribution is 7.86. The van der Waals surface area contributed by atoms with Gasteiger partial charge in [-0.05, 0) is 30.2 Å². The van der Waals surface area contributed by atoms with Crippen LogP contribution in [-0.4, -0.2) is 25.4 Å². The van der Waals surface area contributed by atoms with Crippen LogP contribution in [0.1, 0.15) is 23.3 Å². The van der Waals surface area contributed by atoms with Crippen LogP contribution >= 0.6 is 0 Å². The van der Waals surface area contributed by atoms with Crippen LogP contribution in [0.25, 0.3) is 0 Å². The molecule has 2 unspecified atom stereocenters. The van der Waals surface area contributed by atoms with Gasteiger partial charge in [0.25, 0.3) is 16.0 Å². The molecule has 0 spiro atoms. The number of benzene rings is 2. The largest absolute Gasteiger partial charge is 0.308 e. The molecule has 2 aromatic rings. The van der Waals surface area contributed by atoms with Crippen molar-refractivity contribution in [2.75, 3.05) is 11.4 Å². The third kappa shape index (κ3) is 2.95. The zero-order valence-corrected chi connectivity index (χ0v) is 15.5. The monoisotopic (exact) mass is 371 g/mol. The number of hydrogen-bond donors (Lipinski definition) is 1. The van der Waals surface area contributed by atoms with Crippen LogP contribution in [0.5, 0.6) is 0 Å². The van der Waals surface area contributed by atoms with Crippen molar-refractivity contribution >= 4 is 21.7 Å². The van der Waals surface area contributed by atoms with Crippen molar-refractivity contribution in [3.63, 3.8) is 0 Å². The maximum atomic E-state index is 12.8. The summed E-state index contributed by atoms with van der Waals surface area (Å²) in [6, 6.07) is 16.0. The summed E-state index contributed by atoms with van der Waals surface area (Å²) in [5, 5.41) is -1.28. The Hall–Kier alpha value is -2.44. The van der Waals surface area contributed by atoms with E-state index in [0.717, 1.165) is 5.56 Å². The molecule has 0 saturated carbocycles. The molecular formula is C20H21NO4S. The van der Waals surface area contributed by atoms with Gasteiger partial charge in [0, 0.05) is 23.2 Å². The molecule has 1 aliphatic heterocycles. The van der Waals surface area contributed by atoms with Gasteiger partial charge in [0.2, 0.25) is 0 Å². The summed E-state index contributed by atoms with van der Waals surface area (Å²) in [4.78, 5) is 14.3. The molecular weight excluding hydrogens is 350 g/mol. The number of amides is 1. The van der Waals surface area contributed by atoms with Crippen molar-refractivity contribution in [2.45, 2.75) is 19.1 Å². The van der Waals surface area contributed by atoms with Gasteiger partial charge in [0.15, 0.2) is 0 Å². The number of carbonyl (C=O) groups is 1. The van der Waals surface area contributed by atoms with Crippen molar-refractivity contribution in [1.82, 2.24) is 0 Å². The number of anilines is 1. The number of para-hydroxylation sites is 1. The second-order valence-electron chi connectivity index (χ2n) is 6.87. The quantitative estimate of drug-likeness (QED) is 0.659. The molecule has 0 aromatic heterocycles. The lowest BCUT2D eigenvalue weighted by Gasteiger charge is -2.33. The van der Waals surface area contributed by atoms with Gasteiger partial charge in [-0.25, -0.2) is 0 Å². The molecule has 1 heterocycles. The third-order valence-corrected chi connectivity index (χ3v) is 6.46. The van der Waals surface area contributed by atoms with E-state index < -0.39 is 20.8 Å². The molecule has 136 valence electrons. The van der Waals surface area contributed by atoms with E-state index in [-0.39, 0.29) is 18.0 Å². The number of rotatable bonds is 4. The van der Waals surface area contributed by atoms with Gasteiger partial charge in [-0.1, -0.05) is 56.0 Å². The van der Waals surface area contributed by atoms with Gasteiger partial charge >= 0.3 is 0 Å². The van der Waals surface area contributed by atoms with Crippen molar-refractivity contribution in [1.29, 1.82) is 0 Å². The van der Waals surface area contributed by atoms with E-state index in [1.165, 1.54) is 4.90 Å².